The van der Waals surface area contributed by atoms with E-state index in [0.29, 0.717) is 23.3 Å². The van der Waals surface area contributed by atoms with Gasteiger partial charge in [-0.25, -0.2) is 4.39 Å². The first kappa shape index (κ1) is 27.6. The molecule has 0 aromatic carbocycles. The first-order valence-electron chi connectivity index (χ1n) is 14.9. The molecule has 5 rings (SSSR count). The molecule has 0 aliphatic heterocycles. The van der Waals surface area contributed by atoms with Crippen LogP contribution in [0.5, 0.6) is 0 Å². The van der Waals surface area contributed by atoms with Crippen molar-refractivity contribution in [3.8, 4) is 6.07 Å². The summed E-state index contributed by atoms with van der Waals surface area (Å²) >= 11 is 0. The van der Waals surface area contributed by atoms with Crippen molar-refractivity contribution in [1.82, 2.24) is 5.32 Å². The molecule has 0 spiro atoms. The fraction of sp³-hybridized carbons (Fsp3) is 0.788. The summed E-state index contributed by atoms with van der Waals surface area (Å²) in [5, 5.41) is 12.9. The van der Waals surface area contributed by atoms with Crippen LogP contribution in [0.1, 0.15) is 92.9 Å². The minimum atomic E-state index is -0.541. The van der Waals surface area contributed by atoms with E-state index in [1.54, 1.807) is 0 Å². The van der Waals surface area contributed by atoms with Gasteiger partial charge in [0, 0.05) is 12.0 Å². The summed E-state index contributed by atoms with van der Waals surface area (Å²) in [6.07, 6.45) is 9.91. The number of carbonyl (C=O) groups excluding carboxylic acids is 2. The highest BCUT2D eigenvalue weighted by molar-refractivity contribution is 6.04. The number of allylic oxidation sites excluding steroid dienone is 3. The van der Waals surface area contributed by atoms with Gasteiger partial charge in [0.25, 0.3) is 0 Å². The Hall–Kier alpha value is -1.96. The normalized spacial score (nSPS) is 46.9. The smallest absolute Gasteiger partial charge is 0.226 e. The maximum atomic E-state index is 13.7. The van der Waals surface area contributed by atoms with Crippen LogP contribution in [0.4, 0.5) is 4.39 Å². The summed E-state index contributed by atoms with van der Waals surface area (Å²) in [5.74, 6) is 1.61. The maximum Gasteiger partial charge on any atom is 0.226 e. The second-order valence-electron chi connectivity index (χ2n) is 14.9. The molecule has 5 heteroatoms. The number of amides is 1. The molecule has 5 aliphatic rings. The average Bonchev–Trinajstić information content (AvgIpc) is 3.26. The third-order valence-corrected chi connectivity index (χ3v) is 13.4. The van der Waals surface area contributed by atoms with E-state index in [1.807, 2.05) is 0 Å². The van der Waals surface area contributed by atoms with E-state index in [9.17, 15) is 19.2 Å². The second-order valence-corrected chi connectivity index (χ2v) is 14.9. The van der Waals surface area contributed by atoms with Gasteiger partial charge in [-0.15, -0.1) is 0 Å². The molecule has 38 heavy (non-hydrogen) atoms. The van der Waals surface area contributed by atoms with Crippen molar-refractivity contribution in [2.24, 2.45) is 56.7 Å². The van der Waals surface area contributed by atoms with E-state index < -0.39 is 17.5 Å². The Kier molecular flexibility index (Phi) is 6.37. The van der Waals surface area contributed by atoms with Crippen LogP contribution in [0, 0.1) is 68.0 Å². The number of rotatable bonds is 4. The molecule has 0 aromatic heterocycles. The topological polar surface area (TPSA) is 70.0 Å². The van der Waals surface area contributed by atoms with Gasteiger partial charge in [-0.2, -0.15) is 5.26 Å². The third-order valence-electron chi connectivity index (χ3n) is 13.4. The molecule has 0 aromatic rings. The van der Waals surface area contributed by atoms with Crippen LogP contribution in [0.25, 0.3) is 0 Å². The van der Waals surface area contributed by atoms with Gasteiger partial charge < -0.3 is 5.32 Å². The van der Waals surface area contributed by atoms with Crippen LogP contribution >= 0.6 is 0 Å². The first-order chi connectivity index (χ1) is 17.7. The number of alkyl halides is 1. The number of fused-ring (bicyclic) bond motifs is 7. The van der Waals surface area contributed by atoms with Crippen molar-refractivity contribution in [2.45, 2.75) is 92.9 Å². The number of Topliss-reactive ketones (excluding diaryl/α,β-unsaturated/α-hetero) is 1. The maximum absolute atomic E-state index is 13.7. The lowest BCUT2D eigenvalue weighted by Crippen LogP contribution is -2.66. The van der Waals surface area contributed by atoms with Crippen LogP contribution in [0.15, 0.2) is 23.8 Å². The van der Waals surface area contributed by atoms with Gasteiger partial charge in [-0.05, 0) is 104 Å². The lowest BCUT2D eigenvalue weighted by atomic mass is 9.32. The fourth-order valence-electron chi connectivity index (χ4n) is 11.5. The predicted octanol–water partition coefficient (Wildman–Crippen LogP) is 6.97. The number of nitrogens with one attached hydrogen (secondary N) is 1. The SMILES string of the molecule is C=C(C)[C@@H]1CC[C@]2(C(=O)NCCF)CC[C@]3(C)C(CC[C@@H]4[C@@]5(C)C=C(C#N)C(=O)C(C)(C)[C@@H]5CC[C@]43C)[C@@H]12. The van der Waals surface area contributed by atoms with Crippen molar-refractivity contribution in [3.05, 3.63) is 23.8 Å². The lowest BCUT2D eigenvalue weighted by molar-refractivity contribution is -0.218. The van der Waals surface area contributed by atoms with Crippen molar-refractivity contribution < 1.29 is 14.0 Å². The van der Waals surface area contributed by atoms with Crippen molar-refractivity contribution >= 4 is 11.7 Å². The van der Waals surface area contributed by atoms with E-state index in [1.165, 1.54) is 5.57 Å². The molecule has 0 heterocycles. The zero-order chi connectivity index (χ0) is 27.9. The van der Waals surface area contributed by atoms with E-state index in [-0.39, 0.29) is 46.3 Å². The Morgan fingerprint density at radius 1 is 1.05 bits per heavy atom. The van der Waals surface area contributed by atoms with Gasteiger partial charge in [0.1, 0.15) is 12.7 Å². The molecule has 9 atom stereocenters. The largest absolute Gasteiger partial charge is 0.353 e. The molecule has 4 saturated carbocycles. The van der Waals surface area contributed by atoms with E-state index >= 15 is 0 Å². The number of ketones is 1. The van der Waals surface area contributed by atoms with Crippen LogP contribution in [0.2, 0.25) is 0 Å². The van der Waals surface area contributed by atoms with Crippen molar-refractivity contribution in [3.63, 3.8) is 0 Å². The Morgan fingerprint density at radius 2 is 1.76 bits per heavy atom. The summed E-state index contributed by atoms with van der Waals surface area (Å²) < 4.78 is 13.1. The van der Waals surface area contributed by atoms with Gasteiger partial charge in [0.05, 0.1) is 11.0 Å². The predicted molar refractivity (Wildman–Crippen MR) is 147 cm³/mol. The Morgan fingerprint density at radius 3 is 2.39 bits per heavy atom. The summed E-state index contributed by atoms with van der Waals surface area (Å²) in [6.45, 7) is 17.5. The zero-order valence-corrected chi connectivity index (χ0v) is 24.4. The zero-order valence-electron chi connectivity index (χ0n) is 24.4. The Balaban J connectivity index is 1.59. The highest BCUT2D eigenvalue weighted by Gasteiger charge is 2.71. The number of nitriles is 1. The molecule has 0 bridgehead atoms. The van der Waals surface area contributed by atoms with Crippen LogP contribution < -0.4 is 5.32 Å². The van der Waals surface area contributed by atoms with Crippen LogP contribution in [-0.4, -0.2) is 24.9 Å². The molecule has 1 N–H and O–H groups in total. The van der Waals surface area contributed by atoms with Crippen molar-refractivity contribution in [1.29, 1.82) is 5.26 Å². The van der Waals surface area contributed by atoms with Gasteiger partial charge in [0.2, 0.25) is 5.91 Å². The molecule has 5 aliphatic carbocycles. The Bertz CT molecular complexity index is 1130. The van der Waals surface area contributed by atoms with Gasteiger partial charge in [-0.1, -0.05) is 52.8 Å². The Labute approximate surface area is 228 Å². The first-order valence-corrected chi connectivity index (χ1v) is 14.9. The van der Waals surface area contributed by atoms with Crippen LogP contribution in [-0.2, 0) is 9.59 Å². The summed E-state index contributed by atoms with van der Waals surface area (Å²) in [5.41, 5.74) is 0.425. The van der Waals surface area contributed by atoms with Gasteiger partial charge in [-0.3, -0.25) is 9.59 Å². The van der Waals surface area contributed by atoms with Gasteiger partial charge >= 0.3 is 0 Å². The second kappa shape index (κ2) is 8.77. The van der Waals surface area contributed by atoms with E-state index in [0.717, 1.165) is 51.4 Å². The number of hydrogen-bond acceptors (Lipinski definition) is 3. The molecule has 208 valence electrons. The minimum absolute atomic E-state index is 0.00275. The molecule has 1 unspecified atom stereocenters. The van der Waals surface area contributed by atoms with E-state index in [4.69, 9.17) is 0 Å². The lowest BCUT2D eigenvalue weighted by Gasteiger charge is -2.71. The molecular formula is C33H47FN2O2. The molecule has 1 amide bonds. The molecule has 0 radical (unpaired) electrons. The summed E-state index contributed by atoms with van der Waals surface area (Å²) in [6, 6.07) is 2.25. The fourth-order valence-corrected chi connectivity index (χ4v) is 11.5. The number of hydrogen-bond donors (Lipinski definition) is 1. The van der Waals surface area contributed by atoms with Gasteiger partial charge in [0.15, 0.2) is 5.78 Å². The summed E-state index contributed by atoms with van der Waals surface area (Å²) in [7, 11) is 0. The number of carbonyl (C=O) groups is 2. The van der Waals surface area contributed by atoms with Crippen molar-refractivity contribution in [2.75, 3.05) is 13.2 Å². The quantitative estimate of drug-likeness (QED) is 0.405. The standard InChI is InChI=1S/C33H47FN2O2/c1-20(2)22-10-13-33(28(38)36-17-16-34)15-14-31(6)23(26(22)33)8-9-25-30(5)18-21(19-35)27(37)29(3,4)24(30)11-12-32(25,31)7/h18,22-26H,1,8-17H2,2-7H3,(H,36,38)/t22-,23?,24-,25+,26+,30-,31+,32+,33-/m0/s1. The van der Waals surface area contributed by atoms with E-state index in [2.05, 4.69) is 65.6 Å². The number of nitrogens with zero attached hydrogens (tertiary/aromatic N) is 1. The highest BCUT2D eigenvalue weighted by atomic mass is 19.1. The molecule has 0 saturated heterocycles. The highest BCUT2D eigenvalue weighted by Crippen LogP contribution is 2.77. The molecule has 4 nitrogen and oxygen atoms in total. The summed E-state index contributed by atoms with van der Waals surface area (Å²) in [4.78, 5) is 26.9. The van der Waals surface area contributed by atoms with Crippen LogP contribution in [0.3, 0.4) is 0 Å². The third kappa shape index (κ3) is 3.30. The monoisotopic (exact) mass is 522 g/mol. The number of halogens is 1. The minimum Gasteiger partial charge on any atom is -0.353 e. The average molecular weight is 523 g/mol. The molecular weight excluding hydrogens is 475 g/mol. The molecule has 4 fully saturated rings.